The van der Waals surface area contributed by atoms with Crippen molar-refractivity contribution in [1.82, 2.24) is 20.2 Å². The van der Waals surface area contributed by atoms with E-state index >= 15 is 0 Å². The van der Waals surface area contributed by atoms with Crippen LogP contribution in [0.25, 0.3) is 22.0 Å². The van der Waals surface area contributed by atoms with E-state index in [0.29, 0.717) is 11.1 Å². The Bertz CT molecular complexity index is 1590. The van der Waals surface area contributed by atoms with Gasteiger partial charge in [-0.25, -0.2) is 9.37 Å². The minimum absolute atomic E-state index is 0.0762. The molecule has 9 heteroatoms. The molecule has 5 aromatic rings. The zero-order valence-corrected chi connectivity index (χ0v) is 20.5. The molecule has 0 saturated carbocycles. The number of hydrogen-bond acceptors (Lipinski definition) is 6. The van der Waals surface area contributed by atoms with Crippen LogP contribution >= 0.6 is 0 Å². The van der Waals surface area contributed by atoms with Crippen LogP contribution < -0.4 is 15.0 Å². The molecule has 6 rings (SSSR count). The van der Waals surface area contributed by atoms with Gasteiger partial charge in [-0.05, 0) is 61.2 Å². The average molecular weight is 509 g/mol. The lowest BCUT2D eigenvalue weighted by molar-refractivity contribution is 0.102. The van der Waals surface area contributed by atoms with E-state index in [-0.39, 0.29) is 23.2 Å². The number of pyridine rings is 2. The Morgan fingerprint density at radius 1 is 0.947 bits per heavy atom. The molecule has 1 saturated heterocycles. The van der Waals surface area contributed by atoms with Crippen LogP contribution in [0.4, 0.5) is 15.8 Å². The predicted molar refractivity (Wildman–Crippen MR) is 144 cm³/mol. The van der Waals surface area contributed by atoms with Crippen LogP contribution in [-0.4, -0.2) is 39.2 Å². The van der Waals surface area contributed by atoms with Gasteiger partial charge in [-0.3, -0.25) is 14.9 Å². The number of benzene rings is 2. The molecule has 2 N–H and O–H groups in total. The van der Waals surface area contributed by atoms with Gasteiger partial charge in [0, 0.05) is 36.3 Å². The zero-order valence-electron chi connectivity index (χ0n) is 20.5. The number of carbonyl (C=O) groups excluding carboxylic acids is 1. The third kappa shape index (κ3) is 4.90. The van der Waals surface area contributed by atoms with Gasteiger partial charge in [-0.1, -0.05) is 18.2 Å². The number of H-pyrrole nitrogens is 1. The topological polar surface area (TPSA) is 96.0 Å². The summed E-state index contributed by atoms with van der Waals surface area (Å²) >= 11 is 0. The Labute approximate surface area is 218 Å². The van der Waals surface area contributed by atoms with Crippen molar-refractivity contribution in [2.24, 2.45) is 0 Å². The fourth-order valence-corrected chi connectivity index (χ4v) is 4.62. The molecule has 190 valence electrons. The summed E-state index contributed by atoms with van der Waals surface area (Å²) < 4.78 is 19.3. The molecule has 0 bridgehead atoms. The maximum atomic E-state index is 13.8. The molecule has 1 aliphatic rings. The van der Waals surface area contributed by atoms with Gasteiger partial charge in [0.1, 0.15) is 0 Å². The van der Waals surface area contributed by atoms with Crippen molar-refractivity contribution in [1.29, 1.82) is 0 Å². The minimum atomic E-state index is -0.481. The molecular weight excluding hydrogens is 483 g/mol. The molecule has 0 atom stereocenters. The Hall–Kier alpha value is -4.79. The number of nitrogens with zero attached hydrogens (tertiary/aromatic N) is 4. The molecule has 1 fully saturated rings. The first-order chi connectivity index (χ1) is 18.6. The Balaban J connectivity index is 1.20. The molecule has 3 aromatic heterocycles. The maximum absolute atomic E-state index is 13.8. The van der Waals surface area contributed by atoms with E-state index < -0.39 is 5.82 Å². The number of anilines is 2. The number of fused-ring (bicyclic) bond motifs is 1. The van der Waals surface area contributed by atoms with Crippen molar-refractivity contribution in [3.8, 4) is 22.8 Å². The van der Waals surface area contributed by atoms with E-state index in [1.807, 2.05) is 30.6 Å². The molecule has 0 aliphatic carbocycles. The van der Waals surface area contributed by atoms with Gasteiger partial charge < -0.3 is 15.0 Å². The third-order valence-electron chi connectivity index (χ3n) is 6.60. The lowest BCUT2D eigenvalue weighted by Gasteiger charge is -2.28. The van der Waals surface area contributed by atoms with Gasteiger partial charge in [-0.15, -0.1) is 0 Å². The molecule has 1 amide bonds. The summed E-state index contributed by atoms with van der Waals surface area (Å²) in [6, 6.07) is 17.3. The van der Waals surface area contributed by atoms with Crippen LogP contribution in [0.15, 0.2) is 79.3 Å². The zero-order chi connectivity index (χ0) is 25.9. The predicted octanol–water partition coefficient (Wildman–Crippen LogP) is 6.19. The monoisotopic (exact) mass is 508 g/mol. The number of halogens is 1. The van der Waals surface area contributed by atoms with E-state index in [4.69, 9.17) is 4.74 Å². The van der Waals surface area contributed by atoms with Crippen molar-refractivity contribution >= 4 is 28.2 Å². The number of carbonyl (C=O) groups is 1. The molecule has 8 nitrogen and oxygen atoms in total. The highest BCUT2D eigenvalue weighted by atomic mass is 19.1. The van der Waals surface area contributed by atoms with Crippen molar-refractivity contribution in [3.63, 3.8) is 0 Å². The Morgan fingerprint density at radius 2 is 1.82 bits per heavy atom. The summed E-state index contributed by atoms with van der Waals surface area (Å²) in [5.74, 6) is -0.570. The van der Waals surface area contributed by atoms with E-state index in [1.54, 1.807) is 24.3 Å². The number of hydrogen-bond donors (Lipinski definition) is 2. The first-order valence-electron chi connectivity index (χ1n) is 12.5. The van der Waals surface area contributed by atoms with Gasteiger partial charge in [0.15, 0.2) is 17.3 Å². The van der Waals surface area contributed by atoms with E-state index in [9.17, 15) is 9.18 Å². The Morgan fingerprint density at radius 3 is 2.63 bits per heavy atom. The van der Waals surface area contributed by atoms with Crippen molar-refractivity contribution in [2.45, 2.75) is 19.3 Å². The minimum Gasteiger partial charge on any atom is -0.436 e. The summed E-state index contributed by atoms with van der Waals surface area (Å²) in [7, 11) is 0. The van der Waals surface area contributed by atoms with E-state index in [1.165, 1.54) is 37.6 Å². The standard InChI is InChI=1S/C29H25FN6O2/c30-24-6-2-3-7-26(24)38-27-11-9-21(17-32-27)33-29(37)28-23-15-19(8-10-25(23)34-35-28)20-14-22(18-31-16-20)36-12-4-1-5-13-36/h2-3,6-11,14-18H,1,4-5,12-13H2,(H,33,37)(H,34,35). The first-order valence-corrected chi connectivity index (χ1v) is 12.5. The highest BCUT2D eigenvalue weighted by Gasteiger charge is 2.17. The molecular formula is C29H25FN6O2. The normalized spacial score (nSPS) is 13.4. The summed E-state index contributed by atoms with van der Waals surface area (Å²) in [6.07, 6.45) is 8.86. The second-order valence-corrected chi connectivity index (χ2v) is 9.18. The summed E-state index contributed by atoms with van der Waals surface area (Å²) in [5.41, 5.74) is 4.54. The van der Waals surface area contributed by atoms with Gasteiger partial charge in [0.25, 0.3) is 5.91 Å². The SMILES string of the molecule is O=C(Nc1ccc(Oc2ccccc2F)nc1)c1n[nH]c2ccc(-c3cncc(N4CCCCC4)c3)cc12. The highest BCUT2D eigenvalue weighted by molar-refractivity contribution is 6.11. The smallest absolute Gasteiger partial charge is 0.276 e. The number of aromatic amines is 1. The molecule has 1 aliphatic heterocycles. The number of ether oxygens (including phenoxy) is 1. The van der Waals surface area contributed by atoms with Crippen LogP contribution in [-0.2, 0) is 0 Å². The van der Waals surface area contributed by atoms with Gasteiger partial charge in [0.05, 0.1) is 29.3 Å². The van der Waals surface area contributed by atoms with Crippen LogP contribution in [0.1, 0.15) is 29.8 Å². The van der Waals surface area contributed by atoms with E-state index in [2.05, 4.69) is 36.4 Å². The lowest BCUT2D eigenvalue weighted by Crippen LogP contribution is -2.29. The molecule has 38 heavy (non-hydrogen) atoms. The average Bonchev–Trinajstić information content (AvgIpc) is 3.39. The van der Waals surface area contributed by atoms with Crippen LogP contribution in [0.2, 0.25) is 0 Å². The number of nitrogens with one attached hydrogen (secondary N) is 2. The largest absolute Gasteiger partial charge is 0.436 e. The van der Waals surface area contributed by atoms with Crippen molar-refractivity contribution in [3.05, 3.63) is 90.8 Å². The summed E-state index contributed by atoms with van der Waals surface area (Å²) in [4.78, 5) is 24.1. The maximum Gasteiger partial charge on any atom is 0.276 e. The van der Waals surface area contributed by atoms with Crippen LogP contribution in [0, 0.1) is 5.82 Å². The molecule has 4 heterocycles. The number of piperidine rings is 1. The molecule has 0 spiro atoms. The summed E-state index contributed by atoms with van der Waals surface area (Å²) in [6.45, 7) is 2.09. The second kappa shape index (κ2) is 10.3. The molecule has 0 radical (unpaired) electrons. The number of amides is 1. The van der Waals surface area contributed by atoms with Crippen molar-refractivity contribution < 1.29 is 13.9 Å². The van der Waals surface area contributed by atoms with Gasteiger partial charge in [0.2, 0.25) is 5.88 Å². The first kappa shape index (κ1) is 23.6. The fraction of sp³-hybridized carbons (Fsp3) is 0.172. The third-order valence-corrected chi connectivity index (χ3v) is 6.60. The lowest BCUT2D eigenvalue weighted by atomic mass is 10.0. The van der Waals surface area contributed by atoms with E-state index in [0.717, 1.165) is 35.4 Å². The molecule has 0 unspecified atom stereocenters. The van der Waals surface area contributed by atoms with Crippen LogP contribution in [0.3, 0.4) is 0 Å². The Kier molecular flexibility index (Phi) is 6.39. The van der Waals surface area contributed by atoms with Crippen LogP contribution in [0.5, 0.6) is 11.6 Å². The van der Waals surface area contributed by atoms with Crippen molar-refractivity contribution in [2.75, 3.05) is 23.3 Å². The number of aromatic nitrogens is 4. The van der Waals surface area contributed by atoms with Gasteiger partial charge in [-0.2, -0.15) is 5.10 Å². The number of para-hydroxylation sites is 1. The molecule has 2 aromatic carbocycles. The summed E-state index contributed by atoms with van der Waals surface area (Å²) in [5, 5.41) is 10.7. The van der Waals surface area contributed by atoms with Gasteiger partial charge >= 0.3 is 0 Å². The fourth-order valence-electron chi connectivity index (χ4n) is 4.62. The quantitative estimate of drug-likeness (QED) is 0.284. The highest BCUT2D eigenvalue weighted by Crippen LogP contribution is 2.29. The number of rotatable bonds is 6. The second-order valence-electron chi connectivity index (χ2n) is 9.18.